The Kier molecular flexibility index (Phi) is 7.24. The van der Waals surface area contributed by atoms with E-state index in [4.69, 9.17) is 16.1 Å². The molecular formula is C21H18ClF5N6O3. The predicted molar refractivity (Wildman–Crippen MR) is 116 cm³/mol. The molecule has 0 atom stereocenters. The van der Waals surface area contributed by atoms with Crippen molar-refractivity contribution in [2.75, 3.05) is 0 Å². The van der Waals surface area contributed by atoms with Gasteiger partial charge in [0.1, 0.15) is 0 Å². The van der Waals surface area contributed by atoms with Gasteiger partial charge < -0.3 is 9.51 Å². The average molecular weight is 533 g/mol. The van der Waals surface area contributed by atoms with Crippen molar-refractivity contribution in [2.45, 2.75) is 52.1 Å². The first-order chi connectivity index (χ1) is 17.1. The van der Waals surface area contributed by atoms with Gasteiger partial charge >= 0.3 is 5.69 Å². The van der Waals surface area contributed by atoms with E-state index in [1.54, 1.807) is 0 Å². The van der Waals surface area contributed by atoms with Crippen LogP contribution in [0.25, 0.3) is 11.2 Å². The molecule has 4 aromatic rings. The lowest BCUT2D eigenvalue weighted by atomic mass is 10.1. The molecule has 9 nitrogen and oxygen atoms in total. The number of nitrogens with zero attached hydrogens (tertiary/aromatic N) is 5. The number of hydrogen-bond acceptors (Lipinski definition) is 6. The summed E-state index contributed by atoms with van der Waals surface area (Å²) in [7, 11) is 0. The van der Waals surface area contributed by atoms with E-state index < -0.39 is 52.3 Å². The second kappa shape index (κ2) is 10.2. The number of H-pyrrole nitrogens is 1. The monoisotopic (exact) mass is 532 g/mol. The van der Waals surface area contributed by atoms with Gasteiger partial charge in [0.05, 0.1) is 0 Å². The van der Waals surface area contributed by atoms with Gasteiger partial charge in [-0.25, -0.2) is 26.7 Å². The highest BCUT2D eigenvalue weighted by molar-refractivity contribution is 6.28. The predicted octanol–water partition coefficient (Wildman–Crippen LogP) is 3.64. The number of aryl methyl sites for hydroxylation is 2. The first kappa shape index (κ1) is 25.5. The Balaban J connectivity index is 1.51. The zero-order valence-corrected chi connectivity index (χ0v) is 19.4. The maximum Gasteiger partial charge on any atom is 0.332 e. The average Bonchev–Trinajstić information content (AvgIpc) is 3.47. The summed E-state index contributed by atoms with van der Waals surface area (Å²) in [5.41, 5.74) is -2.03. The van der Waals surface area contributed by atoms with Crippen molar-refractivity contribution in [1.29, 1.82) is 0 Å². The van der Waals surface area contributed by atoms with Crippen LogP contribution in [0.1, 0.15) is 43.5 Å². The van der Waals surface area contributed by atoms with Crippen LogP contribution in [0, 0.1) is 29.1 Å². The number of aromatic nitrogens is 6. The second-order valence-electron chi connectivity index (χ2n) is 7.90. The molecule has 192 valence electrons. The molecule has 1 N–H and O–H groups in total. The minimum atomic E-state index is -2.26. The Morgan fingerprint density at radius 2 is 1.56 bits per heavy atom. The van der Waals surface area contributed by atoms with Gasteiger partial charge in [-0.2, -0.15) is 9.97 Å². The normalized spacial score (nSPS) is 11.6. The minimum Gasteiger partial charge on any atom is -0.339 e. The standard InChI is InChI=1S/C21H18ClF5N6O3/c1-2-3-6-32-18-17(29-20(22)30-18)19(34)33(21(32)35)7-4-5-11-28-10(31-36-11)8-9-12(23)14(25)16(27)15(26)13(9)24/h2-8H2,1H3,(H,29,30). The van der Waals surface area contributed by atoms with Crippen molar-refractivity contribution in [3.8, 4) is 0 Å². The lowest BCUT2D eigenvalue weighted by molar-refractivity contribution is 0.362. The lowest BCUT2D eigenvalue weighted by Gasteiger charge is -2.10. The molecule has 0 unspecified atom stereocenters. The molecule has 0 saturated heterocycles. The van der Waals surface area contributed by atoms with Crippen LogP contribution in [0.3, 0.4) is 0 Å². The summed E-state index contributed by atoms with van der Waals surface area (Å²) in [4.78, 5) is 36.3. The van der Waals surface area contributed by atoms with Crippen molar-refractivity contribution < 1.29 is 26.5 Å². The van der Waals surface area contributed by atoms with Crippen LogP contribution in [0.2, 0.25) is 5.28 Å². The smallest absolute Gasteiger partial charge is 0.332 e. The van der Waals surface area contributed by atoms with Gasteiger partial charge in [0.15, 0.2) is 40.3 Å². The fourth-order valence-corrected chi connectivity index (χ4v) is 3.84. The van der Waals surface area contributed by atoms with Crippen LogP contribution in [0.4, 0.5) is 22.0 Å². The highest BCUT2D eigenvalue weighted by atomic mass is 35.5. The molecule has 0 aliphatic heterocycles. The maximum absolute atomic E-state index is 13.9. The van der Waals surface area contributed by atoms with E-state index in [1.807, 2.05) is 6.92 Å². The van der Waals surface area contributed by atoms with Crippen LogP contribution in [0.15, 0.2) is 14.1 Å². The minimum absolute atomic E-state index is 0.0149. The first-order valence-corrected chi connectivity index (χ1v) is 11.2. The molecule has 3 heterocycles. The van der Waals surface area contributed by atoms with Crippen LogP contribution < -0.4 is 11.2 Å². The van der Waals surface area contributed by atoms with E-state index in [-0.39, 0.29) is 47.5 Å². The van der Waals surface area contributed by atoms with E-state index in [0.717, 1.165) is 11.0 Å². The molecule has 0 saturated carbocycles. The second-order valence-corrected chi connectivity index (χ2v) is 8.26. The van der Waals surface area contributed by atoms with Gasteiger partial charge in [0.2, 0.25) is 17.0 Å². The quantitative estimate of drug-likeness (QED) is 0.152. The van der Waals surface area contributed by atoms with Crippen LogP contribution in [-0.2, 0) is 25.9 Å². The van der Waals surface area contributed by atoms with Gasteiger partial charge in [-0.3, -0.25) is 13.9 Å². The summed E-state index contributed by atoms with van der Waals surface area (Å²) in [6, 6.07) is 0. The first-order valence-electron chi connectivity index (χ1n) is 10.8. The molecule has 0 amide bonds. The maximum atomic E-state index is 13.9. The van der Waals surface area contributed by atoms with E-state index in [2.05, 4.69) is 20.1 Å². The SMILES string of the molecule is CCCCn1c(=O)n(CCCc2nc(Cc3c(F)c(F)c(F)c(F)c3F)no2)c(=O)c2[nH]c(Cl)nc21. The third kappa shape index (κ3) is 4.64. The van der Waals surface area contributed by atoms with E-state index >= 15 is 0 Å². The topological polar surface area (TPSA) is 112 Å². The van der Waals surface area contributed by atoms with Crippen LogP contribution in [-0.4, -0.2) is 29.2 Å². The number of fused-ring (bicyclic) bond motifs is 1. The molecular weight excluding hydrogens is 515 g/mol. The molecule has 0 fully saturated rings. The molecule has 0 aliphatic rings. The van der Waals surface area contributed by atoms with Gasteiger partial charge in [-0.1, -0.05) is 18.5 Å². The third-order valence-electron chi connectivity index (χ3n) is 5.49. The van der Waals surface area contributed by atoms with Gasteiger partial charge in [-0.15, -0.1) is 0 Å². The highest BCUT2D eigenvalue weighted by Gasteiger charge is 2.26. The Bertz CT molecular complexity index is 1530. The summed E-state index contributed by atoms with van der Waals surface area (Å²) in [5.74, 6) is -10.7. The number of benzene rings is 1. The summed E-state index contributed by atoms with van der Waals surface area (Å²) >= 11 is 5.89. The molecule has 4 rings (SSSR count). The summed E-state index contributed by atoms with van der Waals surface area (Å²) in [5, 5.41) is 3.48. The molecule has 0 aliphatic carbocycles. The summed E-state index contributed by atoms with van der Waals surface area (Å²) in [6.07, 6.45) is 0.919. The van der Waals surface area contributed by atoms with E-state index in [9.17, 15) is 31.5 Å². The number of imidazole rings is 1. The lowest BCUT2D eigenvalue weighted by Crippen LogP contribution is -2.40. The highest BCUT2D eigenvalue weighted by Crippen LogP contribution is 2.24. The Morgan fingerprint density at radius 3 is 2.22 bits per heavy atom. The Labute approximate surface area is 203 Å². The van der Waals surface area contributed by atoms with Gasteiger partial charge in [0, 0.05) is 31.5 Å². The fraction of sp³-hybridized carbons (Fsp3) is 0.381. The van der Waals surface area contributed by atoms with Crippen LogP contribution in [0.5, 0.6) is 0 Å². The third-order valence-corrected chi connectivity index (χ3v) is 5.66. The summed E-state index contributed by atoms with van der Waals surface area (Å²) in [6.45, 7) is 2.24. The Hall–Kier alpha value is -3.55. The number of unbranched alkanes of at least 4 members (excludes halogenated alkanes) is 1. The van der Waals surface area contributed by atoms with Crippen molar-refractivity contribution in [2.24, 2.45) is 0 Å². The van der Waals surface area contributed by atoms with Crippen molar-refractivity contribution >= 4 is 22.8 Å². The molecule has 36 heavy (non-hydrogen) atoms. The van der Waals surface area contributed by atoms with Crippen molar-refractivity contribution in [3.63, 3.8) is 0 Å². The molecule has 0 radical (unpaired) electrons. The molecule has 3 aromatic heterocycles. The Morgan fingerprint density at radius 1 is 0.917 bits per heavy atom. The fourth-order valence-electron chi connectivity index (χ4n) is 3.67. The van der Waals surface area contributed by atoms with Crippen LogP contribution >= 0.6 is 11.6 Å². The number of nitrogens with one attached hydrogen (secondary N) is 1. The number of rotatable bonds is 9. The van der Waals surface area contributed by atoms with E-state index in [0.29, 0.717) is 13.0 Å². The number of halogens is 6. The summed E-state index contributed by atoms with van der Waals surface area (Å²) < 4.78 is 75.2. The van der Waals surface area contributed by atoms with Crippen molar-refractivity contribution in [3.05, 3.63) is 72.5 Å². The molecule has 0 bridgehead atoms. The molecule has 15 heteroatoms. The number of aromatic amines is 1. The van der Waals surface area contributed by atoms with Crippen molar-refractivity contribution in [1.82, 2.24) is 29.2 Å². The van der Waals surface area contributed by atoms with Gasteiger partial charge in [0.25, 0.3) is 5.56 Å². The molecule has 0 spiro atoms. The number of hydrogen-bond donors (Lipinski definition) is 1. The zero-order chi connectivity index (χ0) is 26.1. The molecule has 1 aromatic carbocycles. The van der Waals surface area contributed by atoms with Gasteiger partial charge in [-0.05, 0) is 24.4 Å². The van der Waals surface area contributed by atoms with E-state index in [1.165, 1.54) is 4.57 Å². The largest absolute Gasteiger partial charge is 0.339 e. The zero-order valence-electron chi connectivity index (χ0n) is 18.7.